The third kappa shape index (κ3) is 3.55. The van der Waals surface area contributed by atoms with Crippen LogP contribution >= 0.6 is 0 Å². The average Bonchev–Trinajstić information content (AvgIpc) is 3.20. The third-order valence-electron chi connectivity index (χ3n) is 5.09. The first-order chi connectivity index (χ1) is 13.3. The molecule has 1 atom stereocenters. The van der Waals surface area contributed by atoms with Crippen LogP contribution in [0.5, 0.6) is 0 Å². The van der Waals surface area contributed by atoms with E-state index in [1.54, 1.807) is 19.5 Å². The van der Waals surface area contributed by atoms with Gasteiger partial charge in [-0.25, -0.2) is 4.98 Å². The van der Waals surface area contributed by atoms with Crippen LogP contribution in [0.3, 0.4) is 0 Å². The van der Waals surface area contributed by atoms with Crippen molar-refractivity contribution < 1.29 is 9.53 Å². The molecule has 4 rings (SSSR count). The molecule has 1 saturated heterocycles. The van der Waals surface area contributed by atoms with Gasteiger partial charge in [0.05, 0.1) is 17.7 Å². The summed E-state index contributed by atoms with van der Waals surface area (Å²) in [5, 5.41) is 0. The van der Waals surface area contributed by atoms with Crippen molar-refractivity contribution in [3.63, 3.8) is 0 Å². The van der Waals surface area contributed by atoms with E-state index in [0.29, 0.717) is 24.2 Å². The van der Waals surface area contributed by atoms with E-state index in [1.807, 2.05) is 35.5 Å². The van der Waals surface area contributed by atoms with E-state index in [-0.39, 0.29) is 11.8 Å². The van der Waals surface area contributed by atoms with Crippen LogP contribution in [0.2, 0.25) is 0 Å². The van der Waals surface area contributed by atoms with Crippen LogP contribution in [0.15, 0.2) is 43.0 Å². The topological polar surface area (TPSA) is 73.1 Å². The zero-order valence-electron chi connectivity index (χ0n) is 15.4. The molecule has 2 aromatic heterocycles. The lowest BCUT2D eigenvalue weighted by Crippen LogP contribution is -2.40. The smallest absolute Gasteiger partial charge is 0.256 e. The molecule has 3 heterocycles. The fourth-order valence-corrected chi connectivity index (χ4v) is 3.77. The van der Waals surface area contributed by atoms with Gasteiger partial charge in [0, 0.05) is 57.4 Å². The van der Waals surface area contributed by atoms with Gasteiger partial charge in [-0.05, 0) is 25.0 Å². The van der Waals surface area contributed by atoms with E-state index >= 15 is 0 Å². The minimum atomic E-state index is 0.0146. The maximum Gasteiger partial charge on any atom is 0.256 e. The number of amides is 1. The maximum absolute atomic E-state index is 13.2. The molecule has 0 bridgehead atoms. The first kappa shape index (κ1) is 17.6. The Kier molecular flexibility index (Phi) is 5.11. The molecule has 0 N–H and O–H groups in total. The summed E-state index contributed by atoms with van der Waals surface area (Å²) in [6.45, 7) is 2.84. The summed E-state index contributed by atoms with van der Waals surface area (Å²) in [6, 6.07) is 5.58. The molecule has 0 spiro atoms. The van der Waals surface area contributed by atoms with E-state index in [2.05, 4.69) is 19.5 Å². The summed E-state index contributed by atoms with van der Waals surface area (Å²) in [5.74, 6) is 1.28. The number of para-hydroxylation sites is 1. The summed E-state index contributed by atoms with van der Waals surface area (Å²) in [4.78, 5) is 28.4. The Morgan fingerprint density at radius 2 is 2.11 bits per heavy atom. The largest absolute Gasteiger partial charge is 0.383 e. The van der Waals surface area contributed by atoms with Gasteiger partial charge in [-0.1, -0.05) is 6.07 Å². The molecule has 1 amide bonds. The first-order valence-electron chi connectivity index (χ1n) is 9.27. The van der Waals surface area contributed by atoms with Crippen molar-refractivity contribution in [3.8, 4) is 0 Å². The molecule has 7 heteroatoms. The number of imidazole rings is 1. The van der Waals surface area contributed by atoms with Crippen LogP contribution in [0.25, 0.3) is 11.0 Å². The van der Waals surface area contributed by atoms with Gasteiger partial charge in [0.15, 0.2) is 0 Å². The van der Waals surface area contributed by atoms with E-state index in [0.717, 1.165) is 37.3 Å². The normalized spacial score (nSPS) is 17.4. The number of ether oxygens (including phenoxy) is 1. The number of hydrogen-bond acceptors (Lipinski definition) is 5. The number of aromatic nitrogens is 4. The lowest BCUT2D eigenvalue weighted by Gasteiger charge is -2.33. The molecule has 3 aromatic rings. The number of piperidine rings is 1. The molecule has 0 radical (unpaired) electrons. The summed E-state index contributed by atoms with van der Waals surface area (Å²) < 4.78 is 7.32. The second-order valence-electron chi connectivity index (χ2n) is 6.79. The number of nitrogens with zero attached hydrogens (tertiary/aromatic N) is 5. The van der Waals surface area contributed by atoms with Gasteiger partial charge in [-0.2, -0.15) is 0 Å². The van der Waals surface area contributed by atoms with Crippen LogP contribution in [0.4, 0.5) is 0 Å². The lowest BCUT2D eigenvalue weighted by atomic mass is 9.96. The van der Waals surface area contributed by atoms with E-state index < -0.39 is 0 Å². The number of hydrogen-bond donors (Lipinski definition) is 0. The number of rotatable bonds is 5. The fourth-order valence-electron chi connectivity index (χ4n) is 3.77. The highest BCUT2D eigenvalue weighted by Gasteiger charge is 2.28. The van der Waals surface area contributed by atoms with Crippen molar-refractivity contribution in [1.29, 1.82) is 0 Å². The molecular weight excluding hydrogens is 342 g/mol. The van der Waals surface area contributed by atoms with Gasteiger partial charge >= 0.3 is 0 Å². The highest BCUT2D eigenvalue weighted by molar-refractivity contribution is 6.04. The quantitative estimate of drug-likeness (QED) is 0.695. The van der Waals surface area contributed by atoms with E-state index in [4.69, 9.17) is 4.74 Å². The van der Waals surface area contributed by atoms with Gasteiger partial charge in [0.2, 0.25) is 0 Å². The predicted molar refractivity (Wildman–Crippen MR) is 102 cm³/mol. The minimum Gasteiger partial charge on any atom is -0.383 e. The highest BCUT2D eigenvalue weighted by Crippen LogP contribution is 2.27. The van der Waals surface area contributed by atoms with Crippen LogP contribution in [-0.4, -0.2) is 57.1 Å². The minimum absolute atomic E-state index is 0.0146. The van der Waals surface area contributed by atoms with Gasteiger partial charge in [-0.3, -0.25) is 14.8 Å². The van der Waals surface area contributed by atoms with Crippen molar-refractivity contribution in [1.82, 2.24) is 24.4 Å². The van der Waals surface area contributed by atoms with Crippen molar-refractivity contribution >= 4 is 16.9 Å². The molecule has 27 heavy (non-hydrogen) atoms. The Labute approximate surface area is 158 Å². The summed E-state index contributed by atoms with van der Waals surface area (Å²) >= 11 is 0. The first-order valence-corrected chi connectivity index (χ1v) is 9.27. The lowest BCUT2D eigenvalue weighted by molar-refractivity contribution is 0.0704. The third-order valence-corrected chi connectivity index (χ3v) is 5.09. The molecule has 0 saturated carbocycles. The number of carbonyl (C=O) groups is 1. The second-order valence-corrected chi connectivity index (χ2v) is 6.79. The molecule has 7 nitrogen and oxygen atoms in total. The molecule has 1 aromatic carbocycles. The predicted octanol–water partition coefficient (Wildman–Crippen LogP) is 2.49. The number of carbonyl (C=O) groups excluding carboxylic acids is 1. The Balaban J connectivity index is 1.56. The van der Waals surface area contributed by atoms with Crippen molar-refractivity contribution in [2.24, 2.45) is 0 Å². The van der Waals surface area contributed by atoms with Gasteiger partial charge in [0.25, 0.3) is 5.91 Å². The monoisotopic (exact) mass is 365 g/mol. The fraction of sp³-hybridized carbons (Fsp3) is 0.400. The number of fused-ring (bicyclic) bond motifs is 1. The summed E-state index contributed by atoms with van der Waals surface area (Å²) in [5.41, 5.74) is 2.02. The van der Waals surface area contributed by atoms with Gasteiger partial charge < -0.3 is 14.2 Å². The Hall–Kier alpha value is -2.80. The standard InChI is InChI=1S/C20H23N5O2/c1-27-13-12-24-11-9-23-19(24)15-4-3-10-25(14-15)20(26)16-5-2-6-17-18(16)22-8-7-21-17/h2,5-9,11,15H,3-4,10,12-14H2,1H3/t15-/m1/s1. The van der Waals surface area contributed by atoms with Crippen molar-refractivity contribution in [3.05, 3.63) is 54.4 Å². The Morgan fingerprint density at radius 3 is 3.00 bits per heavy atom. The maximum atomic E-state index is 13.2. The van der Waals surface area contributed by atoms with Crippen LogP contribution in [0, 0.1) is 0 Å². The van der Waals surface area contributed by atoms with E-state index in [9.17, 15) is 4.79 Å². The number of likely N-dealkylation sites (tertiary alicyclic amines) is 1. The van der Waals surface area contributed by atoms with Crippen molar-refractivity contribution in [2.45, 2.75) is 25.3 Å². The number of benzene rings is 1. The zero-order chi connectivity index (χ0) is 18.6. The molecule has 1 fully saturated rings. The number of methoxy groups -OCH3 is 1. The molecular formula is C20H23N5O2. The van der Waals surface area contributed by atoms with Crippen LogP contribution < -0.4 is 0 Å². The highest BCUT2D eigenvalue weighted by atomic mass is 16.5. The second kappa shape index (κ2) is 7.84. The molecule has 1 aliphatic rings. The van der Waals surface area contributed by atoms with Crippen molar-refractivity contribution in [2.75, 3.05) is 26.8 Å². The Bertz CT molecular complexity index is 934. The average molecular weight is 365 g/mol. The van der Waals surface area contributed by atoms with E-state index in [1.165, 1.54) is 0 Å². The summed E-state index contributed by atoms with van der Waals surface area (Å²) in [7, 11) is 1.70. The van der Waals surface area contributed by atoms with Gasteiger partial charge in [-0.15, -0.1) is 0 Å². The van der Waals surface area contributed by atoms with Gasteiger partial charge in [0.1, 0.15) is 11.3 Å². The molecule has 140 valence electrons. The van der Waals surface area contributed by atoms with Crippen LogP contribution in [0.1, 0.15) is 34.9 Å². The molecule has 1 aliphatic heterocycles. The zero-order valence-corrected chi connectivity index (χ0v) is 15.4. The SMILES string of the molecule is COCCn1ccnc1[C@@H]1CCCN(C(=O)c2cccc3nccnc23)C1. The molecule has 0 unspecified atom stereocenters. The molecule has 0 aliphatic carbocycles. The Morgan fingerprint density at radius 1 is 1.22 bits per heavy atom. The summed E-state index contributed by atoms with van der Waals surface area (Å²) in [6.07, 6.45) is 9.08. The van der Waals surface area contributed by atoms with Crippen LogP contribution in [-0.2, 0) is 11.3 Å².